The number of phenols is 1. The Balaban J connectivity index is 1.17. The first kappa shape index (κ1) is 32.9. The van der Waals surface area contributed by atoms with Gasteiger partial charge in [0.1, 0.15) is 35.6 Å². The van der Waals surface area contributed by atoms with E-state index in [9.17, 15) is 19.1 Å². The molecule has 0 radical (unpaired) electrons. The highest BCUT2D eigenvalue weighted by Gasteiger charge is 2.50. The van der Waals surface area contributed by atoms with Crippen molar-refractivity contribution in [2.24, 2.45) is 0 Å². The van der Waals surface area contributed by atoms with Gasteiger partial charge in [0.05, 0.1) is 23.0 Å². The molecule has 3 unspecified atom stereocenters. The highest BCUT2D eigenvalue weighted by molar-refractivity contribution is 5.92. The molecule has 2 bridgehead atoms. The summed E-state index contributed by atoms with van der Waals surface area (Å²) >= 11 is 0. The maximum atomic E-state index is 17.0. The van der Waals surface area contributed by atoms with Crippen LogP contribution in [-0.4, -0.2) is 105 Å². The zero-order valence-corrected chi connectivity index (χ0v) is 28.4. The Morgan fingerprint density at radius 3 is 2.66 bits per heavy atom. The second-order valence-corrected chi connectivity index (χ2v) is 14.6. The second-order valence-electron chi connectivity index (χ2n) is 14.6. The number of aromatic nitrogens is 3. The van der Waals surface area contributed by atoms with Crippen molar-refractivity contribution in [3.63, 3.8) is 0 Å². The van der Waals surface area contributed by atoms with Gasteiger partial charge in [-0.05, 0) is 80.7 Å². The van der Waals surface area contributed by atoms with Crippen molar-refractivity contribution < 1.29 is 37.7 Å². The number of aromatic hydroxyl groups is 1. The summed E-state index contributed by atoms with van der Waals surface area (Å²) in [7, 11) is 0. The number of carbonyl (C=O) groups is 2. The number of alkyl halides is 1. The number of pyridine rings is 1. The zero-order chi connectivity index (χ0) is 34.7. The Bertz CT molecular complexity index is 1830. The number of amides is 1. The van der Waals surface area contributed by atoms with Crippen molar-refractivity contribution in [2.75, 3.05) is 44.5 Å². The van der Waals surface area contributed by atoms with Crippen molar-refractivity contribution in [1.29, 1.82) is 0 Å². The third-order valence-corrected chi connectivity index (χ3v) is 11.4. The number of aryl methyl sites for hydroxylation is 1. The van der Waals surface area contributed by atoms with Gasteiger partial charge in [0, 0.05) is 44.7 Å². The van der Waals surface area contributed by atoms with E-state index in [2.05, 4.69) is 21.8 Å². The summed E-state index contributed by atoms with van der Waals surface area (Å²) < 4.78 is 47.8. The highest BCUT2D eigenvalue weighted by Crippen LogP contribution is 2.44. The van der Waals surface area contributed by atoms with Crippen LogP contribution in [0.2, 0.25) is 0 Å². The molecule has 12 nitrogen and oxygen atoms in total. The minimum atomic E-state index is -0.929. The van der Waals surface area contributed by atoms with Crippen molar-refractivity contribution in [2.45, 2.75) is 94.9 Å². The first-order valence-corrected chi connectivity index (χ1v) is 17.7. The number of hydrogen-bond acceptors (Lipinski definition) is 11. The number of anilines is 1. The van der Waals surface area contributed by atoms with Crippen LogP contribution in [0.3, 0.4) is 0 Å². The van der Waals surface area contributed by atoms with E-state index in [1.807, 2.05) is 4.90 Å². The Labute approximate surface area is 288 Å². The predicted octanol–water partition coefficient (Wildman–Crippen LogP) is 5.24. The molecule has 4 aliphatic heterocycles. The number of nitrogens with zero attached hydrogens (tertiary/aromatic N) is 6. The number of halogens is 2. The average molecular weight is 693 g/mol. The van der Waals surface area contributed by atoms with Crippen LogP contribution in [0.4, 0.5) is 19.4 Å². The topological polar surface area (TPSA) is 130 Å². The molecule has 8 rings (SSSR count). The van der Waals surface area contributed by atoms with Crippen molar-refractivity contribution in [3.8, 4) is 23.0 Å². The van der Waals surface area contributed by atoms with Gasteiger partial charge in [-0.1, -0.05) is 6.92 Å². The lowest BCUT2D eigenvalue weighted by Gasteiger charge is -2.41. The first-order valence-electron chi connectivity index (χ1n) is 17.7. The van der Waals surface area contributed by atoms with E-state index in [1.165, 1.54) is 6.92 Å². The lowest BCUT2D eigenvalue weighted by Crippen LogP contribution is -2.56. The second kappa shape index (κ2) is 12.8. The molecule has 1 amide bonds. The predicted molar refractivity (Wildman–Crippen MR) is 178 cm³/mol. The van der Waals surface area contributed by atoms with E-state index in [4.69, 9.17) is 19.2 Å². The number of esters is 1. The van der Waals surface area contributed by atoms with E-state index in [0.29, 0.717) is 42.8 Å². The summed E-state index contributed by atoms with van der Waals surface area (Å²) in [5.41, 5.74) is 2.23. The number of ether oxygens (including phenoxy) is 3. The number of piperazine rings is 1. The Morgan fingerprint density at radius 2 is 1.88 bits per heavy atom. The average Bonchev–Trinajstić information content (AvgIpc) is 3.70. The number of fused-ring (bicyclic) bond motifs is 5. The lowest BCUT2D eigenvalue weighted by atomic mass is 9.80. The van der Waals surface area contributed by atoms with E-state index in [0.717, 1.165) is 62.6 Å². The van der Waals surface area contributed by atoms with E-state index in [1.54, 1.807) is 23.2 Å². The number of benzene rings is 1. The Hall–Kier alpha value is -4.33. The van der Waals surface area contributed by atoms with E-state index < -0.39 is 36.4 Å². The molecule has 1 aromatic carbocycles. The van der Waals surface area contributed by atoms with Crippen LogP contribution < -0.4 is 9.64 Å². The van der Waals surface area contributed by atoms with Gasteiger partial charge in [-0.25, -0.2) is 13.6 Å². The SMILES string of the molecule is CC(=O)OCOC(=O)N1C2CCC1CN(c1nc(OC[C@@]34CCCN3C[C@H](F)C4)nc3c(F)c(-c4cc(O)cc5c4C(C)CCC5)ncc13)C2. The molecule has 0 saturated carbocycles. The van der Waals surface area contributed by atoms with Crippen LogP contribution in [-0.2, 0) is 20.7 Å². The summed E-state index contributed by atoms with van der Waals surface area (Å²) in [6, 6.07) is 2.91. The van der Waals surface area contributed by atoms with E-state index >= 15 is 4.39 Å². The van der Waals surface area contributed by atoms with Gasteiger partial charge < -0.3 is 24.2 Å². The number of phenolic OH excluding ortho intramolecular Hbond substituents is 1. The molecule has 0 spiro atoms. The van der Waals surface area contributed by atoms with Gasteiger partial charge >= 0.3 is 18.1 Å². The summed E-state index contributed by atoms with van der Waals surface area (Å²) in [6.07, 6.45) is 6.42. The summed E-state index contributed by atoms with van der Waals surface area (Å²) in [4.78, 5) is 44.1. The van der Waals surface area contributed by atoms with Crippen LogP contribution in [0.15, 0.2) is 18.3 Å². The Kier molecular flexibility index (Phi) is 8.39. The molecule has 4 saturated heterocycles. The van der Waals surface area contributed by atoms with Crippen LogP contribution in [0.5, 0.6) is 11.8 Å². The van der Waals surface area contributed by atoms with Crippen LogP contribution in [0.25, 0.3) is 22.2 Å². The molecular weight excluding hydrogens is 650 g/mol. The molecule has 50 heavy (non-hydrogen) atoms. The molecule has 4 fully saturated rings. The number of rotatable bonds is 7. The third-order valence-electron chi connectivity index (χ3n) is 11.4. The van der Waals surface area contributed by atoms with Gasteiger partial charge in [-0.2, -0.15) is 9.97 Å². The van der Waals surface area contributed by atoms with Gasteiger partial charge in [0.15, 0.2) is 5.82 Å². The monoisotopic (exact) mass is 692 g/mol. The molecule has 1 aliphatic carbocycles. The molecule has 266 valence electrons. The van der Waals surface area contributed by atoms with Crippen LogP contribution in [0, 0.1) is 5.82 Å². The fraction of sp³-hybridized carbons (Fsp3) is 0.583. The quantitative estimate of drug-likeness (QED) is 0.258. The minimum absolute atomic E-state index is 0.00560. The van der Waals surface area contributed by atoms with Crippen LogP contribution >= 0.6 is 0 Å². The molecule has 14 heteroatoms. The maximum Gasteiger partial charge on any atom is 0.413 e. The fourth-order valence-corrected chi connectivity index (χ4v) is 9.20. The normalized spacial score (nSPS) is 27.4. The molecular formula is C36H42F2N6O6. The maximum absolute atomic E-state index is 17.0. The summed E-state index contributed by atoms with van der Waals surface area (Å²) in [5.74, 6) is -0.515. The molecule has 5 atom stereocenters. The zero-order valence-electron chi connectivity index (χ0n) is 28.4. The smallest absolute Gasteiger partial charge is 0.413 e. The minimum Gasteiger partial charge on any atom is -0.508 e. The van der Waals surface area contributed by atoms with Gasteiger partial charge in [-0.3, -0.25) is 19.6 Å². The van der Waals surface area contributed by atoms with Gasteiger partial charge in [0.2, 0.25) is 6.79 Å². The van der Waals surface area contributed by atoms with Gasteiger partial charge in [-0.15, -0.1) is 0 Å². The lowest BCUT2D eigenvalue weighted by molar-refractivity contribution is -0.149. The van der Waals surface area contributed by atoms with Crippen molar-refractivity contribution in [1.82, 2.24) is 24.8 Å². The first-order chi connectivity index (χ1) is 24.1. The summed E-state index contributed by atoms with van der Waals surface area (Å²) in [5, 5.41) is 11.0. The Morgan fingerprint density at radius 1 is 1.08 bits per heavy atom. The molecule has 6 heterocycles. The molecule has 1 N–H and O–H groups in total. The van der Waals surface area contributed by atoms with E-state index in [-0.39, 0.29) is 47.6 Å². The number of carbonyl (C=O) groups excluding carboxylic acids is 2. The summed E-state index contributed by atoms with van der Waals surface area (Å²) in [6.45, 7) is 5.05. The van der Waals surface area contributed by atoms with Crippen molar-refractivity contribution in [3.05, 3.63) is 35.3 Å². The van der Waals surface area contributed by atoms with Gasteiger partial charge in [0.25, 0.3) is 0 Å². The molecule has 5 aliphatic rings. The molecule has 2 aromatic heterocycles. The molecule has 3 aromatic rings. The van der Waals surface area contributed by atoms with Crippen LogP contribution in [0.1, 0.15) is 75.8 Å². The fourth-order valence-electron chi connectivity index (χ4n) is 9.20. The standard InChI is InChI=1S/C36H42F2N6O6/c1-20-5-3-6-22-11-26(46)12-27(29(20)22)31-30(38)32-28(14-39-31)33(41-34(40-32)48-18-36-9-4-10-43(36)15-23(37)13-36)42-16-24-7-8-25(17-42)44(24)35(47)50-19-49-21(2)45/h11-12,14,20,23-25,46H,3-10,13,15-19H2,1-2H3/t20?,23-,24?,25?,36+/m1/s1. The largest absolute Gasteiger partial charge is 0.508 e. The number of hydrogen-bond donors (Lipinski definition) is 1. The highest BCUT2D eigenvalue weighted by atomic mass is 19.1. The van der Waals surface area contributed by atoms with Crippen molar-refractivity contribution >= 4 is 28.8 Å². The third kappa shape index (κ3) is 5.74.